The summed E-state index contributed by atoms with van der Waals surface area (Å²) in [6.45, 7) is 0.586. The van der Waals surface area contributed by atoms with E-state index < -0.39 is 5.91 Å². The van der Waals surface area contributed by atoms with Crippen LogP contribution in [0.2, 0.25) is 0 Å². The second-order valence-corrected chi connectivity index (χ2v) is 3.63. The molecule has 0 aliphatic carbocycles. The van der Waals surface area contributed by atoms with Crippen LogP contribution in [0.4, 0.5) is 5.69 Å². The Balaban J connectivity index is 2.04. The summed E-state index contributed by atoms with van der Waals surface area (Å²) in [6, 6.07) is 5.31. The molecule has 0 saturated heterocycles. The molecule has 6 heteroatoms. The average Bonchev–Trinajstić information content (AvgIpc) is 2.73. The zero-order valence-electron chi connectivity index (χ0n) is 9.42. The summed E-state index contributed by atoms with van der Waals surface area (Å²) in [5.74, 6) is -0.536. The summed E-state index contributed by atoms with van der Waals surface area (Å²) in [4.78, 5) is 14.8. The first-order chi connectivity index (χ1) is 8.15. The lowest BCUT2D eigenvalue weighted by Gasteiger charge is -2.04. The molecule has 88 valence electrons. The number of carbonyl (C=O) groups is 1. The van der Waals surface area contributed by atoms with E-state index in [1.54, 1.807) is 23.0 Å². The Hall–Kier alpha value is -2.37. The monoisotopic (exact) mass is 231 g/mol. The number of nitrogens with zero attached hydrogens (tertiary/aromatic N) is 3. The van der Waals surface area contributed by atoms with Crippen molar-refractivity contribution in [3.8, 4) is 0 Å². The molecule has 0 radical (unpaired) electrons. The van der Waals surface area contributed by atoms with Crippen LogP contribution in [-0.2, 0) is 13.6 Å². The molecule has 0 spiro atoms. The fourth-order valence-electron chi connectivity index (χ4n) is 1.43. The van der Waals surface area contributed by atoms with Crippen molar-refractivity contribution in [2.75, 3.05) is 5.32 Å². The molecule has 0 bridgehead atoms. The van der Waals surface area contributed by atoms with Crippen LogP contribution in [0, 0.1) is 0 Å². The number of aromatic nitrogens is 3. The van der Waals surface area contributed by atoms with Gasteiger partial charge in [-0.1, -0.05) is 0 Å². The molecule has 17 heavy (non-hydrogen) atoms. The highest BCUT2D eigenvalue weighted by Gasteiger charge is 2.03. The van der Waals surface area contributed by atoms with Gasteiger partial charge in [-0.3, -0.25) is 14.5 Å². The molecule has 2 heterocycles. The number of nitrogens with one attached hydrogen (secondary N) is 1. The Morgan fingerprint density at radius 2 is 2.35 bits per heavy atom. The lowest BCUT2D eigenvalue weighted by Crippen LogP contribution is -2.13. The van der Waals surface area contributed by atoms with Crippen molar-refractivity contribution < 1.29 is 4.79 Å². The number of rotatable bonds is 4. The fraction of sp³-hybridized carbons (Fsp3) is 0.182. The van der Waals surface area contributed by atoms with Crippen LogP contribution in [0.5, 0.6) is 0 Å². The number of pyridine rings is 1. The van der Waals surface area contributed by atoms with Gasteiger partial charge >= 0.3 is 0 Å². The van der Waals surface area contributed by atoms with Crippen LogP contribution in [0.25, 0.3) is 0 Å². The van der Waals surface area contributed by atoms with E-state index in [1.165, 1.54) is 0 Å². The van der Waals surface area contributed by atoms with E-state index in [0.29, 0.717) is 6.54 Å². The topological polar surface area (TPSA) is 85.8 Å². The Morgan fingerprint density at radius 1 is 1.53 bits per heavy atom. The molecule has 2 aromatic rings. The minimum atomic E-state index is -0.536. The van der Waals surface area contributed by atoms with Gasteiger partial charge in [-0.2, -0.15) is 5.10 Å². The van der Waals surface area contributed by atoms with E-state index in [2.05, 4.69) is 15.4 Å². The smallest absolute Gasteiger partial charge is 0.267 e. The van der Waals surface area contributed by atoms with Crippen LogP contribution < -0.4 is 11.1 Å². The molecule has 0 aliphatic rings. The van der Waals surface area contributed by atoms with E-state index in [0.717, 1.165) is 11.4 Å². The molecular weight excluding hydrogens is 218 g/mol. The number of aryl methyl sites for hydroxylation is 1. The second-order valence-electron chi connectivity index (χ2n) is 3.63. The molecule has 0 unspecified atom stereocenters. The van der Waals surface area contributed by atoms with Crippen molar-refractivity contribution in [2.45, 2.75) is 6.54 Å². The summed E-state index contributed by atoms with van der Waals surface area (Å²) in [6.07, 6.45) is 3.42. The van der Waals surface area contributed by atoms with E-state index in [-0.39, 0.29) is 5.69 Å². The van der Waals surface area contributed by atoms with Crippen LogP contribution in [0.3, 0.4) is 0 Å². The van der Waals surface area contributed by atoms with E-state index in [1.807, 2.05) is 19.3 Å². The van der Waals surface area contributed by atoms with Gasteiger partial charge < -0.3 is 11.1 Å². The van der Waals surface area contributed by atoms with Gasteiger partial charge in [0.2, 0.25) is 0 Å². The van der Waals surface area contributed by atoms with Gasteiger partial charge in [0, 0.05) is 25.1 Å². The first-order valence-electron chi connectivity index (χ1n) is 5.13. The largest absolute Gasteiger partial charge is 0.379 e. The number of nitrogens with two attached hydrogens (primary N) is 1. The second kappa shape index (κ2) is 4.65. The summed E-state index contributed by atoms with van der Waals surface area (Å²) in [7, 11) is 1.86. The van der Waals surface area contributed by atoms with Gasteiger partial charge in [-0.05, 0) is 18.2 Å². The number of primary amides is 1. The number of hydrogen-bond donors (Lipinski definition) is 2. The van der Waals surface area contributed by atoms with Gasteiger partial charge in [0.05, 0.1) is 12.2 Å². The first-order valence-corrected chi connectivity index (χ1v) is 5.13. The lowest BCUT2D eigenvalue weighted by atomic mass is 10.3. The molecular formula is C11H13N5O. The first kappa shape index (κ1) is 11.1. The van der Waals surface area contributed by atoms with Crippen molar-refractivity contribution in [3.63, 3.8) is 0 Å². The Morgan fingerprint density at radius 3 is 3.00 bits per heavy atom. The average molecular weight is 231 g/mol. The molecule has 0 fully saturated rings. The summed E-state index contributed by atoms with van der Waals surface area (Å²) >= 11 is 0. The zero-order valence-corrected chi connectivity index (χ0v) is 9.42. The molecule has 3 N–H and O–H groups in total. The van der Waals surface area contributed by atoms with Crippen LogP contribution >= 0.6 is 0 Å². The number of carbonyl (C=O) groups excluding carboxylic acids is 1. The maximum absolute atomic E-state index is 10.9. The fourth-order valence-corrected chi connectivity index (χ4v) is 1.43. The summed E-state index contributed by atoms with van der Waals surface area (Å²) in [5.41, 5.74) is 7.11. The van der Waals surface area contributed by atoms with E-state index >= 15 is 0 Å². The summed E-state index contributed by atoms with van der Waals surface area (Å²) < 4.78 is 1.73. The Bertz CT molecular complexity index is 534. The Labute approximate surface area is 98.5 Å². The minimum Gasteiger partial charge on any atom is -0.379 e. The third-order valence-electron chi connectivity index (χ3n) is 2.25. The van der Waals surface area contributed by atoms with Gasteiger partial charge in [0.1, 0.15) is 5.69 Å². The summed E-state index contributed by atoms with van der Waals surface area (Å²) in [5, 5.41) is 7.38. The molecule has 0 aromatic carbocycles. The van der Waals surface area contributed by atoms with Crippen molar-refractivity contribution in [3.05, 3.63) is 42.0 Å². The van der Waals surface area contributed by atoms with Crippen LogP contribution in [0.1, 0.15) is 16.2 Å². The third kappa shape index (κ3) is 2.81. The molecule has 2 aromatic heterocycles. The molecule has 0 atom stereocenters. The van der Waals surface area contributed by atoms with Crippen molar-refractivity contribution in [1.29, 1.82) is 0 Å². The van der Waals surface area contributed by atoms with Crippen LogP contribution in [-0.4, -0.2) is 20.7 Å². The van der Waals surface area contributed by atoms with E-state index in [9.17, 15) is 4.79 Å². The molecule has 0 saturated carbocycles. The highest BCUT2D eigenvalue weighted by Crippen LogP contribution is 2.09. The Kier molecular flexibility index (Phi) is 3.04. The highest BCUT2D eigenvalue weighted by molar-refractivity contribution is 5.91. The van der Waals surface area contributed by atoms with Crippen molar-refractivity contribution in [1.82, 2.24) is 14.8 Å². The zero-order chi connectivity index (χ0) is 12.3. The van der Waals surface area contributed by atoms with Gasteiger partial charge in [0.15, 0.2) is 0 Å². The van der Waals surface area contributed by atoms with Crippen molar-refractivity contribution >= 4 is 11.6 Å². The van der Waals surface area contributed by atoms with Crippen molar-refractivity contribution in [2.24, 2.45) is 12.8 Å². The SMILES string of the molecule is Cn1ccc(CNc2ccnc(C(N)=O)c2)n1. The minimum absolute atomic E-state index is 0.246. The molecule has 0 aliphatic heterocycles. The third-order valence-corrected chi connectivity index (χ3v) is 2.25. The quantitative estimate of drug-likeness (QED) is 0.803. The highest BCUT2D eigenvalue weighted by atomic mass is 16.1. The normalized spacial score (nSPS) is 10.2. The van der Waals surface area contributed by atoms with Gasteiger partial charge in [-0.15, -0.1) is 0 Å². The maximum Gasteiger partial charge on any atom is 0.267 e. The standard InChI is InChI=1S/C11H13N5O/c1-16-5-3-9(15-16)7-14-8-2-4-13-10(6-8)11(12)17/h2-6H,7H2,1H3,(H2,12,17)(H,13,14). The molecule has 2 rings (SSSR count). The predicted octanol–water partition coefficient (Wildman–Crippen LogP) is 0.526. The molecule has 1 amide bonds. The maximum atomic E-state index is 10.9. The molecule has 6 nitrogen and oxygen atoms in total. The van der Waals surface area contributed by atoms with Gasteiger partial charge in [0.25, 0.3) is 5.91 Å². The predicted molar refractivity (Wildman–Crippen MR) is 63.3 cm³/mol. The van der Waals surface area contributed by atoms with Crippen LogP contribution in [0.15, 0.2) is 30.6 Å². The number of amides is 1. The lowest BCUT2D eigenvalue weighted by molar-refractivity contribution is 0.0995. The van der Waals surface area contributed by atoms with Gasteiger partial charge in [-0.25, -0.2) is 0 Å². The van der Waals surface area contributed by atoms with E-state index in [4.69, 9.17) is 5.73 Å². The number of anilines is 1. The number of hydrogen-bond acceptors (Lipinski definition) is 4.